The number of alkyl halides is 3. The first-order chi connectivity index (χ1) is 9.36. The van der Waals surface area contributed by atoms with Gasteiger partial charge in [-0.1, -0.05) is 12.1 Å². The fourth-order valence-electron chi connectivity index (χ4n) is 1.86. The summed E-state index contributed by atoms with van der Waals surface area (Å²) >= 11 is 0. The van der Waals surface area contributed by atoms with E-state index >= 15 is 0 Å². The highest BCUT2D eigenvalue weighted by molar-refractivity contribution is 5.53. The van der Waals surface area contributed by atoms with Crippen LogP contribution in [0.4, 0.5) is 18.9 Å². The van der Waals surface area contributed by atoms with E-state index in [0.29, 0.717) is 6.54 Å². The van der Waals surface area contributed by atoms with Crippen LogP contribution in [0.5, 0.6) is 5.75 Å². The highest BCUT2D eigenvalue weighted by Crippen LogP contribution is 2.29. The SMILES string of the molecule is Cc1cc(O)ccc1NCc1ccc(C(F)(F)F)cc1. The lowest BCUT2D eigenvalue weighted by Gasteiger charge is -2.11. The molecule has 0 aliphatic carbocycles. The number of aryl methyl sites for hydroxylation is 1. The highest BCUT2D eigenvalue weighted by Gasteiger charge is 2.29. The van der Waals surface area contributed by atoms with Gasteiger partial charge in [0.1, 0.15) is 5.75 Å². The summed E-state index contributed by atoms with van der Waals surface area (Å²) in [5.41, 5.74) is 1.81. The minimum absolute atomic E-state index is 0.183. The lowest BCUT2D eigenvalue weighted by atomic mass is 10.1. The predicted octanol–water partition coefficient (Wildman–Crippen LogP) is 4.33. The number of phenols is 1. The Bertz CT molecular complexity index is 591. The molecule has 0 amide bonds. The number of phenolic OH excluding ortho intramolecular Hbond substituents is 1. The smallest absolute Gasteiger partial charge is 0.416 e. The third kappa shape index (κ3) is 3.44. The summed E-state index contributed by atoms with van der Waals surface area (Å²) < 4.78 is 37.3. The zero-order valence-electron chi connectivity index (χ0n) is 10.8. The number of rotatable bonds is 3. The maximum absolute atomic E-state index is 12.4. The van der Waals surface area contributed by atoms with E-state index < -0.39 is 11.7 Å². The first kappa shape index (κ1) is 14.2. The largest absolute Gasteiger partial charge is 0.508 e. The molecule has 0 radical (unpaired) electrons. The number of benzene rings is 2. The van der Waals surface area contributed by atoms with Crippen LogP contribution in [-0.2, 0) is 12.7 Å². The first-order valence-corrected chi connectivity index (χ1v) is 6.06. The van der Waals surface area contributed by atoms with E-state index in [1.54, 1.807) is 18.2 Å². The zero-order chi connectivity index (χ0) is 14.8. The molecule has 2 aromatic carbocycles. The van der Waals surface area contributed by atoms with Gasteiger partial charge < -0.3 is 10.4 Å². The lowest BCUT2D eigenvalue weighted by molar-refractivity contribution is -0.137. The van der Waals surface area contributed by atoms with Crippen LogP contribution in [0.2, 0.25) is 0 Å². The summed E-state index contributed by atoms with van der Waals surface area (Å²) in [6.45, 7) is 2.26. The molecule has 0 spiro atoms. The van der Waals surface area contributed by atoms with Gasteiger partial charge in [-0.15, -0.1) is 0 Å². The van der Waals surface area contributed by atoms with Gasteiger partial charge in [0.2, 0.25) is 0 Å². The van der Waals surface area contributed by atoms with E-state index in [4.69, 9.17) is 0 Å². The van der Waals surface area contributed by atoms with E-state index in [0.717, 1.165) is 28.9 Å². The van der Waals surface area contributed by atoms with Gasteiger partial charge in [0.15, 0.2) is 0 Å². The van der Waals surface area contributed by atoms with Crippen LogP contribution < -0.4 is 5.32 Å². The second kappa shape index (κ2) is 5.45. The quantitative estimate of drug-likeness (QED) is 0.821. The summed E-state index contributed by atoms with van der Waals surface area (Å²) in [4.78, 5) is 0. The Hall–Kier alpha value is -2.17. The first-order valence-electron chi connectivity index (χ1n) is 6.06. The molecule has 0 atom stereocenters. The Labute approximate surface area is 114 Å². The van der Waals surface area contributed by atoms with E-state index in [-0.39, 0.29) is 5.75 Å². The van der Waals surface area contributed by atoms with Gasteiger partial charge in [-0.2, -0.15) is 13.2 Å². The molecule has 2 aromatic rings. The van der Waals surface area contributed by atoms with E-state index in [2.05, 4.69) is 5.32 Å². The molecular formula is C15H14F3NO. The van der Waals surface area contributed by atoms with Crippen LogP contribution in [-0.4, -0.2) is 5.11 Å². The van der Waals surface area contributed by atoms with Gasteiger partial charge in [-0.05, 0) is 48.4 Å². The Balaban J connectivity index is 2.04. The van der Waals surface area contributed by atoms with Crippen LogP contribution in [0.3, 0.4) is 0 Å². The number of aromatic hydroxyl groups is 1. The van der Waals surface area contributed by atoms with Gasteiger partial charge in [0.05, 0.1) is 5.56 Å². The van der Waals surface area contributed by atoms with Gasteiger partial charge >= 0.3 is 6.18 Å². The van der Waals surface area contributed by atoms with Crippen molar-refractivity contribution in [1.82, 2.24) is 0 Å². The van der Waals surface area contributed by atoms with Crippen molar-refractivity contribution >= 4 is 5.69 Å². The number of hydrogen-bond acceptors (Lipinski definition) is 2. The maximum Gasteiger partial charge on any atom is 0.416 e. The third-order valence-electron chi connectivity index (χ3n) is 2.97. The number of anilines is 1. The van der Waals surface area contributed by atoms with Crippen LogP contribution in [0, 0.1) is 6.92 Å². The normalized spacial score (nSPS) is 11.4. The highest BCUT2D eigenvalue weighted by atomic mass is 19.4. The number of halogens is 3. The minimum Gasteiger partial charge on any atom is -0.508 e. The molecule has 0 heterocycles. The topological polar surface area (TPSA) is 32.3 Å². The molecule has 2 rings (SSSR count). The van der Waals surface area contributed by atoms with Crippen molar-refractivity contribution in [2.75, 3.05) is 5.32 Å². The Morgan fingerprint density at radius 2 is 1.70 bits per heavy atom. The molecule has 20 heavy (non-hydrogen) atoms. The van der Waals surface area contributed by atoms with Crippen molar-refractivity contribution in [3.63, 3.8) is 0 Å². The summed E-state index contributed by atoms with van der Waals surface area (Å²) in [6.07, 6.45) is -4.31. The second-order valence-corrected chi connectivity index (χ2v) is 4.55. The van der Waals surface area contributed by atoms with Crippen molar-refractivity contribution in [2.24, 2.45) is 0 Å². The molecule has 0 saturated heterocycles. The molecule has 2 nitrogen and oxygen atoms in total. The van der Waals surface area contributed by atoms with Crippen molar-refractivity contribution < 1.29 is 18.3 Å². The van der Waals surface area contributed by atoms with E-state index in [1.807, 2.05) is 6.92 Å². The molecule has 5 heteroatoms. The van der Waals surface area contributed by atoms with Crippen molar-refractivity contribution in [3.05, 3.63) is 59.2 Å². The summed E-state index contributed by atoms with van der Waals surface area (Å²) in [5.74, 6) is 0.183. The monoisotopic (exact) mass is 281 g/mol. The molecule has 106 valence electrons. The molecule has 2 N–H and O–H groups in total. The van der Waals surface area contributed by atoms with Gasteiger partial charge in [-0.3, -0.25) is 0 Å². The van der Waals surface area contributed by atoms with E-state index in [1.165, 1.54) is 12.1 Å². The van der Waals surface area contributed by atoms with Crippen LogP contribution >= 0.6 is 0 Å². The summed E-state index contributed by atoms with van der Waals surface area (Å²) in [7, 11) is 0. The Morgan fingerprint density at radius 3 is 2.25 bits per heavy atom. The molecule has 0 saturated carbocycles. The fourth-order valence-corrected chi connectivity index (χ4v) is 1.86. The average Bonchev–Trinajstić information content (AvgIpc) is 2.37. The van der Waals surface area contributed by atoms with E-state index in [9.17, 15) is 18.3 Å². The average molecular weight is 281 g/mol. The molecular weight excluding hydrogens is 267 g/mol. The predicted molar refractivity (Wildman–Crippen MR) is 71.6 cm³/mol. The maximum atomic E-state index is 12.4. The van der Waals surface area contributed by atoms with Gasteiger partial charge in [0.25, 0.3) is 0 Å². The summed E-state index contributed by atoms with van der Waals surface area (Å²) in [6, 6.07) is 9.95. The number of hydrogen-bond donors (Lipinski definition) is 2. The third-order valence-corrected chi connectivity index (χ3v) is 2.97. The van der Waals surface area contributed by atoms with Crippen molar-refractivity contribution in [2.45, 2.75) is 19.6 Å². The summed E-state index contributed by atoms with van der Waals surface area (Å²) in [5, 5.41) is 12.4. The molecule has 0 aromatic heterocycles. The molecule has 0 bridgehead atoms. The minimum atomic E-state index is -4.31. The van der Waals surface area contributed by atoms with Gasteiger partial charge in [0, 0.05) is 12.2 Å². The fraction of sp³-hybridized carbons (Fsp3) is 0.200. The molecule has 0 fully saturated rings. The number of nitrogens with one attached hydrogen (secondary N) is 1. The Kier molecular flexibility index (Phi) is 3.88. The lowest BCUT2D eigenvalue weighted by Crippen LogP contribution is -2.06. The Morgan fingerprint density at radius 1 is 1.05 bits per heavy atom. The van der Waals surface area contributed by atoms with Gasteiger partial charge in [-0.25, -0.2) is 0 Å². The second-order valence-electron chi connectivity index (χ2n) is 4.55. The van der Waals surface area contributed by atoms with Crippen LogP contribution in [0.15, 0.2) is 42.5 Å². The van der Waals surface area contributed by atoms with Crippen molar-refractivity contribution in [1.29, 1.82) is 0 Å². The standard InChI is InChI=1S/C15H14F3NO/c1-10-8-13(20)6-7-14(10)19-9-11-2-4-12(5-3-11)15(16,17)18/h2-8,19-20H,9H2,1H3. The molecule has 0 aliphatic heterocycles. The molecule has 0 aliphatic rings. The van der Waals surface area contributed by atoms with Crippen LogP contribution in [0.1, 0.15) is 16.7 Å². The van der Waals surface area contributed by atoms with Crippen molar-refractivity contribution in [3.8, 4) is 5.75 Å². The molecule has 0 unspecified atom stereocenters. The van der Waals surface area contributed by atoms with Crippen LogP contribution in [0.25, 0.3) is 0 Å². The zero-order valence-corrected chi connectivity index (χ0v) is 10.8.